The molecule has 0 spiro atoms. The molecule has 34 heavy (non-hydrogen) atoms. The Morgan fingerprint density at radius 2 is 1.91 bits per heavy atom. The SMILES string of the molecule is COc1c([C@H]2[C@@H](C(=O)Nc3cc[n+](O)c(C(N)=O)c3)O[C@](C)(C(F)(F)F)[C@@H]2C)ccc(F)c1F. The van der Waals surface area contributed by atoms with E-state index in [0.717, 1.165) is 38.4 Å². The van der Waals surface area contributed by atoms with Gasteiger partial charge in [0.2, 0.25) is 12.0 Å². The third kappa shape index (κ3) is 4.11. The molecule has 0 saturated carbocycles. The van der Waals surface area contributed by atoms with Gasteiger partial charge in [-0.3, -0.25) is 14.8 Å². The summed E-state index contributed by atoms with van der Waals surface area (Å²) in [6.45, 7) is 1.93. The van der Waals surface area contributed by atoms with E-state index >= 15 is 0 Å². The van der Waals surface area contributed by atoms with E-state index in [0.29, 0.717) is 10.8 Å². The molecular weight excluding hydrogens is 469 g/mol. The van der Waals surface area contributed by atoms with Crippen LogP contribution in [0.25, 0.3) is 0 Å². The highest BCUT2D eigenvalue weighted by Gasteiger charge is 2.65. The van der Waals surface area contributed by atoms with Gasteiger partial charge in [0.05, 0.1) is 12.8 Å². The fourth-order valence-corrected chi connectivity index (χ4v) is 4.01. The van der Waals surface area contributed by atoms with Crippen molar-refractivity contribution in [2.75, 3.05) is 12.4 Å². The zero-order valence-electron chi connectivity index (χ0n) is 18.1. The second-order valence-corrected chi connectivity index (χ2v) is 7.94. The number of methoxy groups -OCH3 is 1. The van der Waals surface area contributed by atoms with Crippen molar-refractivity contribution in [2.45, 2.75) is 37.6 Å². The molecule has 184 valence electrons. The number of nitrogens with zero attached hydrogens (tertiary/aromatic N) is 1. The summed E-state index contributed by atoms with van der Waals surface area (Å²) >= 11 is 0. The minimum Gasteiger partial charge on any atom is -0.493 e. The molecule has 1 aliphatic rings. The molecule has 2 heterocycles. The van der Waals surface area contributed by atoms with Crippen LogP contribution in [0.2, 0.25) is 0 Å². The first-order valence-electron chi connectivity index (χ1n) is 9.85. The minimum atomic E-state index is -4.92. The van der Waals surface area contributed by atoms with E-state index in [9.17, 15) is 36.7 Å². The molecule has 2 amide bonds. The van der Waals surface area contributed by atoms with Crippen molar-refractivity contribution in [2.24, 2.45) is 11.7 Å². The van der Waals surface area contributed by atoms with Crippen molar-refractivity contribution in [3.63, 3.8) is 0 Å². The maximum atomic E-state index is 14.4. The van der Waals surface area contributed by atoms with Crippen molar-refractivity contribution >= 4 is 17.5 Å². The Kier molecular flexibility index (Phi) is 6.44. The Labute approximate surface area is 190 Å². The molecule has 4 N–H and O–H groups in total. The average Bonchev–Trinajstić information content (AvgIpc) is 3.03. The molecule has 1 aromatic heterocycles. The summed E-state index contributed by atoms with van der Waals surface area (Å²) in [5.74, 6) is -8.30. The number of hydrogen-bond acceptors (Lipinski definition) is 5. The van der Waals surface area contributed by atoms with E-state index in [2.05, 4.69) is 5.32 Å². The highest BCUT2D eigenvalue weighted by Crippen LogP contribution is 2.54. The van der Waals surface area contributed by atoms with Gasteiger partial charge >= 0.3 is 17.8 Å². The molecule has 13 heteroatoms. The second-order valence-electron chi connectivity index (χ2n) is 7.94. The minimum absolute atomic E-state index is 0.0861. The van der Waals surface area contributed by atoms with Gasteiger partial charge < -0.3 is 20.5 Å². The molecule has 1 aromatic carbocycles. The van der Waals surface area contributed by atoms with Gasteiger partial charge in [0.25, 0.3) is 5.91 Å². The van der Waals surface area contributed by atoms with E-state index in [4.69, 9.17) is 15.2 Å². The first-order chi connectivity index (χ1) is 15.7. The summed E-state index contributed by atoms with van der Waals surface area (Å²) in [5.41, 5.74) is 1.61. The van der Waals surface area contributed by atoms with Crippen LogP contribution in [0.1, 0.15) is 35.8 Å². The van der Waals surface area contributed by atoms with Gasteiger partial charge in [0, 0.05) is 34.3 Å². The lowest BCUT2D eigenvalue weighted by molar-refractivity contribution is -0.905. The maximum Gasteiger partial charge on any atom is 0.417 e. The number of aromatic nitrogens is 1. The maximum absolute atomic E-state index is 14.4. The molecule has 0 unspecified atom stereocenters. The third-order valence-corrected chi connectivity index (χ3v) is 6.02. The van der Waals surface area contributed by atoms with Gasteiger partial charge in [-0.25, -0.2) is 4.39 Å². The molecular formula is C21H21F5N3O5+. The number of rotatable bonds is 5. The molecule has 1 saturated heterocycles. The Balaban J connectivity index is 2.08. The molecule has 4 atom stereocenters. The van der Waals surface area contributed by atoms with Crippen LogP contribution >= 0.6 is 0 Å². The van der Waals surface area contributed by atoms with Gasteiger partial charge in [0.1, 0.15) is 6.10 Å². The monoisotopic (exact) mass is 490 g/mol. The fourth-order valence-electron chi connectivity index (χ4n) is 4.01. The topological polar surface area (TPSA) is 115 Å². The number of primary amides is 1. The second kappa shape index (κ2) is 8.70. The lowest BCUT2D eigenvalue weighted by Crippen LogP contribution is -2.47. The molecule has 0 aliphatic carbocycles. The fraction of sp³-hybridized carbons (Fsp3) is 0.381. The molecule has 0 radical (unpaired) electrons. The molecule has 1 aliphatic heterocycles. The van der Waals surface area contributed by atoms with Crippen LogP contribution in [0.4, 0.5) is 27.6 Å². The first kappa shape index (κ1) is 25.1. The van der Waals surface area contributed by atoms with Gasteiger partial charge in [-0.05, 0) is 13.0 Å². The summed E-state index contributed by atoms with van der Waals surface area (Å²) in [4.78, 5) is 24.5. The number of carbonyl (C=O) groups is 2. The van der Waals surface area contributed by atoms with Crippen molar-refractivity contribution < 1.29 is 51.0 Å². The predicted octanol–water partition coefficient (Wildman–Crippen LogP) is 2.68. The van der Waals surface area contributed by atoms with Gasteiger partial charge in [-0.15, -0.1) is 0 Å². The largest absolute Gasteiger partial charge is 0.493 e. The van der Waals surface area contributed by atoms with Crippen molar-refractivity contribution in [1.82, 2.24) is 0 Å². The number of hydrogen-bond donors (Lipinski definition) is 3. The number of benzene rings is 1. The number of halogens is 5. The van der Waals surface area contributed by atoms with Crippen LogP contribution in [-0.2, 0) is 9.53 Å². The smallest absolute Gasteiger partial charge is 0.417 e. The molecule has 1 fully saturated rings. The molecule has 0 bridgehead atoms. The highest BCUT2D eigenvalue weighted by molar-refractivity contribution is 5.97. The number of amides is 2. The summed E-state index contributed by atoms with van der Waals surface area (Å²) in [7, 11) is 1.01. The van der Waals surface area contributed by atoms with Crippen LogP contribution in [0.3, 0.4) is 0 Å². The zero-order valence-corrected chi connectivity index (χ0v) is 18.1. The summed E-state index contributed by atoms with van der Waals surface area (Å²) in [5, 5.41) is 11.9. The number of anilines is 1. The van der Waals surface area contributed by atoms with Gasteiger partial charge in [0.15, 0.2) is 17.2 Å². The van der Waals surface area contributed by atoms with Gasteiger partial charge in [-0.1, -0.05) is 13.0 Å². The highest BCUT2D eigenvalue weighted by atomic mass is 19.4. The van der Waals surface area contributed by atoms with E-state index in [-0.39, 0.29) is 11.3 Å². The van der Waals surface area contributed by atoms with E-state index in [1.165, 1.54) is 6.92 Å². The van der Waals surface area contributed by atoms with Crippen LogP contribution < -0.4 is 20.5 Å². The first-order valence-corrected chi connectivity index (χ1v) is 9.85. The van der Waals surface area contributed by atoms with Crippen molar-refractivity contribution in [3.8, 4) is 5.75 Å². The molecule has 2 aromatic rings. The van der Waals surface area contributed by atoms with Crippen molar-refractivity contribution in [3.05, 3.63) is 53.4 Å². The zero-order chi connectivity index (χ0) is 25.6. The number of ether oxygens (including phenoxy) is 2. The average molecular weight is 490 g/mol. The number of carbonyl (C=O) groups excluding carboxylic acids is 2. The lowest BCUT2D eigenvalue weighted by atomic mass is 9.77. The van der Waals surface area contributed by atoms with E-state index in [1.807, 2.05) is 0 Å². The van der Waals surface area contributed by atoms with Crippen LogP contribution in [0.15, 0.2) is 30.5 Å². The van der Waals surface area contributed by atoms with Crippen LogP contribution in [-0.4, -0.2) is 42.0 Å². The Morgan fingerprint density at radius 3 is 2.47 bits per heavy atom. The quantitative estimate of drug-likeness (QED) is 0.339. The summed E-state index contributed by atoms with van der Waals surface area (Å²) in [6.07, 6.45) is -5.76. The van der Waals surface area contributed by atoms with E-state index < -0.39 is 64.6 Å². The molecule has 8 nitrogen and oxygen atoms in total. The summed E-state index contributed by atoms with van der Waals surface area (Å²) < 4.78 is 80.5. The number of nitrogens with two attached hydrogens (primary N) is 1. The van der Waals surface area contributed by atoms with Gasteiger partial charge in [-0.2, -0.15) is 17.6 Å². The standard InChI is InChI=1S/C21H20F5N3O5/c1-9-14(11-4-5-12(22)15(23)16(11)33-3)17(34-20(9,2)21(24,25)26)19(31)28-10-6-7-29(32)13(8-10)18(27)30/h4-9,14,17,32H,1-3H3,(H2,27,30)/p+1/t9-,14+,17+,20+/m1/s1. The predicted molar refractivity (Wildman–Crippen MR) is 105 cm³/mol. The van der Waals surface area contributed by atoms with Crippen LogP contribution in [0, 0.1) is 17.6 Å². The van der Waals surface area contributed by atoms with Crippen LogP contribution in [0.5, 0.6) is 5.75 Å². The summed E-state index contributed by atoms with van der Waals surface area (Å²) in [6, 6.07) is 3.90. The van der Waals surface area contributed by atoms with E-state index in [1.54, 1.807) is 0 Å². The molecule has 3 rings (SSSR count). The number of nitrogens with one attached hydrogen (secondary N) is 1. The number of alkyl halides is 3. The lowest BCUT2D eigenvalue weighted by Gasteiger charge is -2.32. The normalized spacial score (nSPS) is 24.6. The number of pyridine rings is 1. The third-order valence-electron chi connectivity index (χ3n) is 6.02. The van der Waals surface area contributed by atoms with Crippen molar-refractivity contribution in [1.29, 1.82) is 0 Å². The Hall–Kier alpha value is -3.48. The Morgan fingerprint density at radius 1 is 1.26 bits per heavy atom. The Bertz CT molecular complexity index is 1140.